The molecule has 1 saturated heterocycles. The predicted molar refractivity (Wildman–Crippen MR) is 126 cm³/mol. The summed E-state index contributed by atoms with van der Waals surface area (Å²) in [6.07, 6.45) is 0. The van der Waals surface area contributed by atoms with Crippen molar-refractivity contribution in [3.05, 3.63) is 80.8 Å². The Kier molecular flexibility index (Phi) is 6.27. The van der Waals surface area contributed by atoms with Crippen LogP contribution in [0.5, 0.6) is 0 Å². The van der Waals surface area contributed by atoms with E-state index in [1.54, 1.807) is 36.9 Å². The van der Waals surface area contributed by atoms with Crippen LogP contribution in [0.25, 0.3) is 5.69 Å². The monoisotopic (exact) mass is 450 g/mol. The number of hydrogen-bond donors (Lipinski definition) is 1. The Bertz CT molecular complexity index is 1230. The molecule has 2 aromatic carbocycles. The highest BCUT2D eigenvalue weighted by atomic mass is 16.6. The molecule has 10 heteroatoms. The third-order valence-corrected chi connectivity index (χ3v) is 5.98. The minimum atomic E-state index is -0.375. The molecule has 1 fully saturated rings. The smallest absolute Gasteiger partial charge is 0.295 e. The first-order valence-corrected chi connectivity index (χ1v) is 10.7. The van der Waals surface area contributed by atoms with E-state index >= 15 is 0 Å². The number of aromatic nitrogens is 2. The van der Waals surface area contributed by atoms with Crippen LogP contribution in [0.3, 0.4) is 0 Å². The second-order valence-corrected chi connectivity index (χ2v) is 7.99. The summed E-state index contributed by atoms with van der Waals surface area (Å²) in [5, 5.41) is 14.1. The average molecular weight is 450 g/mol. The number of nitrogens with one attached hydrogen (secondary N) is 1. The SMILES string of the molecule is Cc1c(NC(=O)CN2CCN(c3ccccc3[N+](=O)[O-])CC2)c(=O)n(-c2ccccc2)n1C. The fraction of sp³-hybridized carbons (Fsp3) is 0.304. The first kappa shape index (κ1) is 22.3. The third-order valence-electron chi connectivity index (χ3n) is 5.98. The minimum absolute atomic E-state index is 0.0814. The molecule has 1 aliphatic heterocycles. The Balaban J connectivity index is 1.40. The highest BCUT2D eigenvalue weighted by Gasteiger charge is 2.25. The molecule has 0 atom stereocenters. The molecule has 0 saturated carbocycles. The summed E-state index contributed by atoms with van der Waals surface area (Å²) in [5.74, 6) is -0.264. The van der Waals surface area contributed by atoms with Crippen LogP contribution in [0.4, 0.5) is 17.1 Å². The highest BCUT2D eigenvalue weighted by Crippen LogP contribution is 2.28. The number of nitro benzene ring substituents is 1. The number of para-hydroxylation sites is 3. The van der Waals surface area contributed by atoms with E-state index in [2.05, 4.69) is 5.32 Å². The molecular formula is C23H26N6O4. The third kappa shape index (κ3) is 4.51. The summed E-state index contributed by atoms with van der Waals surface area (Å²) in [6, 6.07) is 15.9. The average Bonchev–Trinajstić information content (AvgIpc) is 3.03. The topological polar surface area (TPSA) is 106 Å². The summed E-state index contributed by atoms with van der Waals surface area (Å²) in [5.41, 5.74) is 2.05. The first-order valence-electron chi connectivity index (χ1n) is 10.7. The maximum Gasteiger partial charge on any atom is 0.295 e. The van der Waals surface area contributed by atoms with Crippen LogP contribution in [0.15, 0.2) is 59.4 Å². The van der Waals surface area contributed by atoms with E-state index in [0.717, 1.165) is 5.69 Å². The Labute approximate surface area is 190 Å². The minimum Gasteiger partial charge on any atom is -0.363 e. The van der Waals surface area contributed by atoms with Crippen molar-refractivity contribution in [2.24, 2.45) is 7.05 Å². The van der Waals surface area contributed by atoms with Crippen LogP contribution >= 0.6 is 0 Å². The number of carbonyl (C=O) groups is 1. The zero-order valence-corrected chi connectivity index (χ0v) is 18.6. The van der Waals surface area contributed by atoms with E-state index < -0.39 is 0 Å². The lowest BCUT2D eigenvalue weighted by Crippen LogP contribution is -2.49. The number of nitro groups is 1. The molecule has 1 amide bonds. The van der Waals surface area contributed by atoms with E-state index in [1.165, 1.54) is 10.7 Å². The summed E-state index contributed by atoms with van der Waals surface area (Å²) in [4.78, 5) is 40.6. The molecule has 1 aliphatic rings. The van der Waals surface area contributed by atoms with Crippen LogP contribution in [-0.4, -0.2) is 57.8 Å². The second kappa shape index (κ2) is 9.29. The van der Waals surface area contributed by atoms with Gasteiger partial charge in [0, 0.05) is 39.3 Å². The Morgan fingerprint density at radius 3 is 2.33 bits per heavy atom. The Hall–Kier alpha value is -3.92. The van der Waals surface area contributed by atoms with Crippen molar-refractivity contribution >= 4 is 23.0 Å². The van der Waals surface area contributed by atoms with E-state index in [4.69, 9.17) is 0 Å². The number of nitrogens with zero attached hydrogens (tertiary/aromatic N) is 5. The molecule has 0 spiro atoms. The molecule has 33 heavy (non-hydrogen) atoms. The zero-order chi connectivity index (χ0) is 23.5. The number of amides is 1. The Morgan fingerprint density at radius 2 is 1.67 bits per heavy atom. The molecule has 0 aliphatic carbocycles. The number of piperazine rings is 1. The predicted octanol–water partition coefficient (Wildman–Crippen LogP) is 2.15. The van der Waals surface area contributed by atoms with Gasteiger partial charge in [-0.1, -0.05) is 30.3 Å². The molecule has 172 valence electrons. The number of anilines is 2. The van der Waals surface area contributed by atoms with Crippen molar-refractivity contribution in [1.29, 1.82) is 0 Å². The molecule has 0 radical (unpaired) electrons. The number of rotatable bonds is 6. The summed E-state index contributed by atoms with van der Waals surface area (Å²) in [7, 11) is 1.78. The van der Waals surface area contributed by atoms with Gasteiger partial charge >= 0.3 is 0 Å². The van der Waals surface area contributed by atoms with Crippen molar-refractivity contribution in [2.75, 3.05) is 42.9 Å². The molecule has 4 rings (SSSR count). The first-order chi connectivity index (χ1) is 15.9. The van der Waals surface area contributed by atoms with Gasteiger partial charge in [0.05, 0.1) is 22.8 Å². The summed E-state index contributed by atoms with van der Waals surface area (Å²) < 4.78 is 3.25. The van der Waals surface area contributed by atoms with Gasteiger partial charge in [0.15, 0.2) is 0 Å². The van der Waals surface area contributed by atoms with Gasteiger partial charge in [0.1, 0.15) is 11.4 Å². The van der Waals surface area contributed by atoms with Gasteiger partial charge in [-0.05, 0) is 25.1 Å². The van der Waals surface area contributed by atoms with Crippen LogP contribution in [0.1, 0.15) is 5.69 Å². The van der Waals surface area contributed by atoms with Gasteiger partial charge in [-0.3, -0.25) is 29.3 Å². The van der Waals surface area contributed by atoms with Gasteiger partial charge in [0.2, 0.25) is 5.91 Å². The van der Waals surface area contributed by atoms with Gasteiger partial charge < -0.3 is 10.2 Å². The highest BCUT2D eigenvalue weighted by molar-refractivity contribution is 5.92. The van der Waals surface area contributed by atoms with Gasteiger partial charge in [-0.15, -0.1) is 0 Å². The van der Waals surface area contributed by atoms with E-state index in [0.29, 0.717) is 37.6 Å². The fourth-order valence-corrected chi connectivity index (χ4v) is 4.13. The maximum atomic E-state index is 13.0. The van der Waals surface area contributed by atoms with E-state index in [9.17, 15) is 19.7 Å². The fourth-order valence-electron chi connectivity index (χ4n) is 4.13. The molecule has 2 heterocycles. The molecule has 1 N–H and O–H groups in total. The van der Waals surface area contributed by atoms with Crippen molar-refractivity contribution in [3.63, 3.8) is 0 Å². The van der Waals surface area contributed by atoms with Crippen LogP contribution in [-0.2, 0) is 11.8 Å². The van der Waals surface area contributed by atoms with Crippen LogP contribution in [0.2, 0.25) is 0 Å². The van der Waals surface area contributed by atoms with Gasteiger partial charge in [-0.2, -0.15) is 0 Å². The summed E-state index contributed by atoms with van der Waals surface area (Å²) in [6.45, 7) is 4.25. The zero-order valence-electron chi connectivity index (χ0n) is 18.6. The molecule has 0 unspecified atom stereocenters. The maximum absolute atomic E-state index is 13.0. The van der Waals surface area contributed by atoms with Crippen LogP contribution in [0, 0.1) is 17.0 Å². The second-order valence-electron chi connectivity index (χ2n) is 7.99. The van der Waals surface area contributed by atoms with Crippen LogP contribution < -0.4 is 15.8 Å². The van der Waals surface area contributed by atoms with E-state index in [-0.39, 0.29) is 34.3 Å². The summed E-state index contributed by atoms with van der Waals surface area (Å²) >= 11 is 0. The normalized spacial score (nSPS) is 14.3. The standard InChI is InChI=1S/C23H26N6O4/c1-17-22(23(31)28(25(17)2)18-8-4-3-5-9-18)24-21(30)16-26-12-14-27(15-13-26)19-10-6-7-11-20(19)29(32)33/h3-11H,12-16H2,1-2H3,(H,24,30). The van der Waals surface area contributed by atoms with Crippen molar-refractivity contribution in [2.45, 2.75) is 6.92 Å². The van der Waals surface area contributed by atoms with Crippen molar-refractivity contribution < 1.29 is 9.72 Å². The number of carbonyl (C=O) groups excluding carboxylic acids is 1. The number of benzene rings is 2. The van der Waals surface area contributed by atoms with E-state index in [1.807, 2.05) is 40.1 Å². The lowest BCUT2D eigenvalue weighted by atomic mass is 10.2. The van der Waals surface area contributed by atoms with Gasteiger partial charge in [0.25, 0.3) is 11.2 Å². The lowest BCUT2D eigenvalue weighted by Gasteiger charge is -2.35. The molecule has 3 aromatic rings. The quantitative estimate of drug-likeness (QED) is 0.456. The molecule has 1 aromatic heterocycles. The lowest BCUT2D eigenvalue weighted by molar-refractivity contribution is -0.384. The molecule has 0 bridgehead atoms. The van der Waals surface area contributed by atoms with Crippen molar-refractivity contribution in [3.8, 4) is 5.69 Å². The van der Waals surface area contributed by atoms with Crippen molar-refractivity contribution in [1.82, 2.24) is 14.3 Å². The largest absolute Gasteiger partial charge is 0.363 e. The van der Waals surface area contributed by atoms with Gasteiger partial charge in [-0.25, -0.2) is 4.68 Å². The number of hydrogen-bond acceptors (Lipinski definition) is 6. The molecule has 10 nitrogen and oxygen atoms in total. The Morgan fingerprint density at radius 1 is 1.03 bits per heavy atom. The molecular weight excluding hydrogens is 424 g/mol.